The number of rotatable bonds is 5. The Morgan fingerprint density at radius 1 is 1.16 bits per heavy atom. The van der Waals surface area contributed by atoms with E-state index in [-0.39, 0.29) is 5.91 Å². The molecule has 8 heteroatoms. The number of nitrogens with zero attached hydrogens (tertiary/aromatic N) is 3. The van der Waals surface area contributed by atoms with Crippen LogP contribution in [0.4, 0.5) is 11.4 Å². The molecule has 0 aliphatic carbocycles. The van der Waals surface area contributed by atoms with Crippen LogP contribution in [0, 0.1) is 0 Å². The number of quaternary nitrogens is 1. The largest absolute Gasteiger partial charge is 0.378 e. The Balaban J connectivity index is 1.36. The highest BCUT2D eigenvalue weighted by molar-refractivity contribution is 8.26. The van der Waals surface area contributed by atoms with E-state index < -0.39 is 0 Å². The minimum absolute atomic E-state index is 0.0106. The molecule has 162 valence electrons. The van der Waals surface area contributed by atoms with Gasteiger partial charge in [-0.05, 0) is 42.0 Å². The first kappa shape index (κ1) is 22.1. The molecule has 2 aromatic carbocycles. The molecule has 2 aromatic rings. The van der Waals surface area contributed by atoms with Crippen LogP contribution in [-0.4, -0.2) is 62.1 Å². The van der Waals surface area contributed by atoms with Gasteiger partial charge in [-0.1, -0.05) is 53.8 Å². The van der Waals surface area contributed by atoms with Gasteiger partial charge >= 0.3 is 0 Å². The van der Waals surface area contributed by atoms with Crippen LogP contribution in [-0.2, 0) is 4.79 Å². The van der Waals surface area contributed by atoms with Crippen LogP contribution in [0.25, 0.3) is 6.08 Å². The van der Waals surface area contributed by atoms with Crippen LogP contribution in [0.2, 0.25) is 5.02 Å². The molecule has 31 heavy (non-hydrogen) atoms. The third-order valence-corrected chi connectivity index (χ3v) is 7.22. The van der Waals surface area contributed by atoms with Crippen LogP contribution >= 0.6 is 35.6 Å². The minimum atomic E-state index is 0.0106. The maximum absolute atomic E-state index is 13.0. The van der Waals surface area contributed by atoms with Crippen molar-refractivity contribution in [2.45, 2.75) is 0 Å². The number of hydrogen-bond acceptors (Lipinski definition) is 5. The number of hydrogen-bond donors (Lipinski definition) is 1. The lowest BCUT2D eigenvalue weighted by Gasteiger charge is -2.35. The predicted octanol–water partition coefficient (Wildman–Crippen LogP) is 2.97. The molecule has 0 atom stereocenters. The van der Waals surface area contributed by atoms with Gasteiger partial charge in [0.15, 0.2) is 11.0 Å². The summed E-state index contributed by atoms with van der Waals surface area (Å²) in [5.41, 5.74) is 3.29. The summed E-state index contributed by atoms with van der Waals surface area (Å²) in [5, 5.41) is 0.757. The lowest BCUT2D eigenvalue weighted by Crippen LogP contribution is -3.16. The monoisotopic (exact) mass is 473 g/mol. The first-order valence-electron chi connectivity index (χ1n) is 10.3. The summed E-state index contributed by atoms with van der Waals surface area (Å²) in [4.78, 5) is 21.2. The Hall–Kier alpha value is -2.06. The molecule has 0 radical (unpaired) electrons. The second-order valence-corrected chi connectivity index (χ2v) is 10.1. The number of nitrogens with one attached hydrogen (secondary N) is 1. The molecule has 0 aromatic heterocycles. The summed E-state index contributed by atoms with van der Waals surface area (Å²) >= 11 is 13.1. The zero-order valence-electron chi connectivity index (χ0n) is 17.7. The number of amides is 1. The van der Waals surface area contributed by atoms with E-state index >= 15 is 0 Å². The Kier molecular flexibility index (Phi) is 6.86. The van der Waals surface area contributed by atoms with Gasteiger partial charge in [0.25, 0.3) is 5.91 Å². The average Bonchev–Trinajstić information content (AvgIpc) is 3.02. The van der Waals surface area contributed by atoms with Gasteiger partial charge in [0.2, 0.25) is 0 Å². The number of carbonyl (C=O) groups excluding carboxylic acids is 1. The molecule has 0 spiro atoms. The van der Waals surface area contributed by atoms with Gasteiger partial charge in [-0.25, -0.2) is 4.90 Å². The van der Waals surface area contributed by atoms with Gasteiger partial charge in [-0.2, -0.15) is 0 Å². The number of halogens is 1. The van der Waals surface area contributed by atoms with Crippen LogP contribution in [0.15, 0.2) is 53.4 Å². The molecule has 2 aliphatic heterocycles. The minimum Gasteiger partial charge on any atom is -0.378 e. The normalized spacial score (nSPS) is 18.9. The lowest BCUT2D eigenvalue weighted by atomic mass is 10.2. The topological polar surface area (TPSA) is 31.2 Å². The molecule has 4 rings (SSSR count). The molecule has 2 heterocycles. The molecule has 0 unspecified atom stereocenters. The van der Waals surface area contributed by atoms with Crippen LogP contribution in [0.3, 0.4) is 0 Å². The number of benzene rings is 2. The van der Waals surface area contributed by atoms with Gasteiger partial charge in [-0.15, -0.1) is 0 Å². The highest BCUT2D eigenvalue weighted by atomic mass is 35.5. The third kappa shape index (κ3) is 5.23. The zero-order chi connectivity index (χ0) is 22.0. The van der Waals surface area contributed by atoms with E-state index in [0.717, 1.165) is 48.1 Å². The summed E-state index contributed by atoms with van der Waals surface area (Å²) in [5.74, 6) is 0.0106. The molecule has 2 aliphatic rings. The van der Waals surface area contributed by atoms with Crippen molar-refractivity contribution in [3.05, 3.63) is 64.0 Å². The van der Waals surface area contributed by atoms with E-state index in [1.54, 1.807) is 4.90 Å². The van der Waals surface area contributed by atoms with E-state index in [4.69, 9.17) is 23.8 Å². The number of carbonyl (C=O) groups is 1. The maximum atomic E-state index is 13.0. The van der Waals surface area contributed by atoms with Crippen molar-refractivity contribution in [3.63, 3.8) is 0 Å². The summed E-state index contributed by atoms with van der Waals surface area (Å²) < 4.78 is 0.644. The smallest absolute Gasteiger partial charge is 0.270 e. The first-order chi connectivity index (χ1) is 14.9. The molecular formula is C23H26ClN4OS2+. The molecular weight excluding hydrogens is 448 g/mol. The molecule has 5 nitrogen and oxygen atoms in total. The zero-order valence-corrected chi connectivity index (χ0v) is 20.1. The van der Waals surface area contributed by atoms with Crippen molar-refractivity contribution in [1.82, 2.24) is 4.90 Å². The maximum Gasteiger partial charge on any atom is 0.270 e. The van der Waals surface area contributed by atoms with Crippen molar-refractivity contribution in [1.29, 1.82) is 0 Å². The standard InChI is InChI=1S/C23H25ClN4OS2/c1-25(2)19-8-6-17(7-9-19)14-21-22(29)28(23(30)31-21)16-26-10-12-27(13-11-26)20-5-3-4-18(24)15-20/h3-9,14-15H,10-13,16H2,1-2H3/p+1/b21-14+. The second-order valence-electron chi connectivity index (χ2n) is 7.97. The molecule has 1 N–H and O–H groups in total. The molecule has 2 saturated heterocycles. The predicted molar refractivity (Wildman–Crippen MR) is 135 cm³/mol. The molecule has 2 fully saturated rings. The first-order valence-corrected chi connectivity index (χ1v) is 11.9. The van der Waals surface area contributed by atoms with Crippen molar-refractivity contribution in [3.8, 4) is 0 Å². The fourth-order valence-corrected chi connectivity index (χ4v) is 5.23. The van der Waals surface area contributed by atoms with Crippen LogP contribution < -0.4 is 14.7 Å². The van der Waals surface area contributed by atoms with Gasteiger partial charge < -0.3 is 14.7 Å². The lowest BCUT2D eigenvalue weighted by molar-refractivity contribution is -0.907. The van der Waals surface area contributed by atoms with E-state index in [1.165, 1.54) is 16.7 Å². The Bertz CT molecular complexity index is 1000. The van der Waals surface area contributed by atoms with Crippen molar-refractivity contribution < 1.29 is 9.69 Å². The average molecular weight is 474 g/mol. The molecule has 0 saturated carbocycles. The van der Waals surface area contributed by atoms with Crippen LogP contribution in [0.1, 0.15) is 5.56 Å². The second kappa shape index (κ2) is 9.61. The van der Waals surface area contributed by atoms with E-state index in [9.17, 15) is 4.79 Å². The van der Waals surface area contributed by atoms with E-state index in [0.29, 0.717) is 15.9 Å². The highest BCUT2D eigenvalue weighted by Gasteiger charge is 2.35. The fourth-order valence-electron chi connectivity index (χ4n) is 3.79. The number of thioether (sulfide) groups is 1. The van der Waals surface area contributed by atoms with Gasteiger partial charge in [-0.3, -0.25) is 4.79 Å². The SMILES string of the molecule is CN(C)c1ccc(/C=C2/SC(=S)N(C[NH+]3CCN(c4cccc(Cl)c4)CC3)C2=O)cc1. The fraction of sp³-hybridized carbons (Fsp3) is 0.304. The van der Waals surface area contributed by atoms with Gasteiger partial charge in [0.1, 0.15) is 0 Å². The van der Waals surface area contributed by atoms with E-state index in [1.807, 2.05) is 50.5 Å². The summed E-state index contributed by atoms with van der Waals surface area (Å²) in [7, 11) is 4.02. The number of piperazine rings is 1. The Morgan fingerprint density at radius 2 is 1.87 bits per heavy atom. The Morgan fingerprint density at radius 3 is 2.52 bits per heavy atom. The van der Waals surface area contributed by atoms with Crippen LogP contribution in [0.5, 0.6) is 0 Å². The van der Waals surface area contributed by atoms with Gasteiger partial charge in [0.05, 0.1) is 31.1 Å². The van der Waals surface area contributed by atoms with Crippen molar-refractivity contribution >= 4 is 63.3 Å². The Labute approximate surface area is 198 Å². The van der Waals surface area contributed by atoms with E-state index in [2.05, 4.69) is 28.0 Å². The summed E-state index contributed by atoms with van der Waals surface area (Å²) in [6.45, 7) is 4.38. The quantitative estimate of drug-likeness (QED) is 0.533. The van der Waals surface area contributed by atoms with Gasteiger partial charge in [0, 0.05) is 30.5 Å². The third-order valence-electron chi connectivity index (χ3n) is 5.61. The molecule has 0 bridgehead atoms. The summed E-state index contributed by atoms with van der Waals surface area (Å²) in [6, 6.07) is 16.1. The summed E-state index contributed by atoms with van der Waals surface area (Å²) in [6.07, 6.45) is 1.94. The number of anilines is 2. The van der Waals surface area contributed by atoms with Crippen molar-refractivity contribution in [2.75, 3.05) is 56.7 Å². The highest BCUT2D eigenvalue weighted by Crippen LogP contribution is 2.32. The molecule has 1 amide bonds. The number of thiocarbonyl (C=S) groups is 1. The van der Waals surface area contributed by atoms with Crippen molar-refractivity contribution in [2.24, 2.45) is 0 Å².